The van der Waals surface area contributed by atoms with E-state index in [9.17, 15) is 14.4 Å². The summed E-state index contributed by atoms with van der Waals surface area (Å²) in [4.78, 5) is 39.5. The standard InChI is InChI=1S/C19H32BN3O7/c1-2-15(12-20(27)28)22-18(25)14(11-17(24)23-6-9-29-10-7-23)13-21-19(26)16-5-3-4-8-30-16/h2,14-16,27-28H,1,3-13H2,(H,21,26)(H,22,25)/t14-,15?,16?/m0/s1. The molecule has 0 radical (unpaired) electrons. The summed E-state index contributed by atoms with van der Waals surface area (Å²) in [5.41, 5.74) is 0. The van der Waals surface area contributed by atoms with Crippen LogP contribution in [-0.4, -0.2) is 91.4 Å². The lowest BCUT2D eigenvalue weighted by molar-refractivity contribution is -0.140. The van der Waals surface area contributed by atoms with E-state index < -0.39 is 31.1 Å². The number of ether oxygens (including phenoxy) is 2. The molecule has 2 heterocycles. The third-order valence-corrected chi connectivity index (χ3v) is 5.23. The lowest BCUT2D eigenvalue weighted by Crippen LogP contribution is -2.48. The van der Waals surface area contributed by atoms with Crippen LogP contribution in [0.2, 0.25) is 6.32 Å². The van der Waals surface area contributed by atoms with Gasteiger partial charge < -0.3 is 35.1 Å². The fourth-order valence-corrected chi connectivity index (χ4v) is 3.44. The maximum atomic E-state index is 12.8. The summed E-state index contributed by atoms with van der Waals surface area (Å²) < 4.78 is 10.7. The Labute approximate surface area is 177 Å². The summed E-state index contributed by atoms with van der Waals surface area (Å²) in [5, 5.41) is 23.7. The molecule has 0 aromatic heterocycles. The molecular weight excluding hydrogens is 393 g/mol. The van der Waals surface area contributed by atoms with Gasteiger partial charge >= 0.3 is 7.12 Å². The highest BCUT2D eigenvalue weighted by Gasteiger charge is 2.29. The van der Waals surface area contributed by atoms with E-state index in [2.05, 4.69) is 17.2 Å². The van der Waals surface area contributed by atoms with Gasteiger partial charge in [0.15, 0.2) is 0 Å². The van der Waals surface area contributed by atoms with Crippen molar-refractivity contribution in [1.29, 1.82) is 0 Å². The van der Waals surface area contributed by atoms with Gasteiger partial charge in [-0.15, -0.1) is 6.58 Å². The molecule has 0 bridgehead atoms. The molecule has 2 fully saturated rings. The third kappa shape index (κ3) is 8.06. The summed E-state index contributed by atoms with van der Waals surface area (Å²) in [6.07, 6.45) is 3.10. The topological polar surface area (TPSA) is 137 Å². The molecule has 2 unspecified atom stereocenters. The molecule has 4 N–H and O–H groups in total. The van der Waals surface area contributed by atoms with Gasteiger partial charge in [0, 0.05) is 45.0 Å². The molecule has 11 heteroatoms. The van der Waals surface area contributed by atoms with Crippen LogP contribution in [0.15, 0.2) is 12.7 Å². The molecule has 0 spiro atoms. The Balaban J connectivity index is 1.98. The van der Waals surface area contributed by atoms with Crippen LogP contribution in [0.4, 0.5) is 0 Å². The van der Waals surface area contributed by atoms with Crippen molar-refractivity contribution >= 4 is 24.8 Å². The van der Waals surface area contributed by atoms with Gasteiger partial charge in [0.05, 0.1) is 19.1 Å². The van der Waals surface area contributed by atoms with Crippen LogP contribution in [0.1, 0.15) is 25.7 Å². The summed E-state index contributed by atoms with van der Waals surface area (Å²) in [5.74, 6) is -1.77. The largest absolute Gasteiger partial charge is 0.453 e. The van der Waals surface area contributed by atoms with E-state index in [0.717, 1.165) is 12.8 Å². The molecular formula is C19H32BN3O7. The first kappa shape index (κ1) is 24.3. The van der Waals surface area contributed by atoms with Crippen LogP contribution >= 0.6 is 0 Å². The van der Waals surface area contributed by atoms with E-state index in [1.54, 1.807) is 4.90 Å². The number of nitrogens with zero attached hydrogens (tertiary/aromatic N) is 1. The fourth-order valence-electron chi connectivity index (χ4n) is 3.44. The smallest absolute Gasteiger partial charge is 0.427 e. The number of amides is 3. The molecule has 2 saturated heterocycles. The second-order valence-electron chi connectivity index (χ2n) is 7.56. The molecule has 0 saturated carbocycles. The van der Waals surface area contributed by atoms with Crippen molar-refractivity contribution in [1.82, 2.24) is 15.5 Å². The van der Waals surface area contributed by atoms with Crippen molar-refractivity contribution in [3.05, 3.63) is 12.7 Å². The zero-order valence-electron chi connectivity index (χ0n) is 17.3. The molecule has 3 atom stereocenters. The van der Waals surface area contributed by atoms with Crippen molar-refractivity contribution in [2.75, 3.05) is 39.5 Å². The van der Waals surface area contributed by atoms with Crippen molar-refractivity contribution in [2.24, 2.45) is 5.92 Å². The Hall–Kier alpha value is -1.95. The predicted octanol–water partition coefficient (Wildman–Crippen LogP) is -1.32. The molecule has 2 rings (SSSR count). The molecule has 30 heavy (non-hydrogen) atoms. The maximum Gasteiger partial charge on any atom is 0.453 e. The highest BCUT2D eigenvalue weighted by Crippen LogP contribution is 2.14. The lowest BCUT2D eigenvalue weighted by atomic mass is 9.81. The summed E-state index contributed by atoms with van der Waals surface area (Å²) >= 11 is 0. The molecule has 2 aliphatic rings. The van der Waals surface area contributed by atoms with Gasteiger partial charge in [-0.25, -0.2) is 0 Å². The second-order valence-corrected chi connectivity index (χ2v) is 7.56. The van der Waals surface area contributed by atoms with Crippen molar-refractivity contribution in [2.45, 2.75) is 44.1 Å². The number of hydrogen-bond donors (Lipinski definition) is 4. The minimum absolute atomic E-state index is 0.0217. The van der Waals surface area contributed by atoms with Gasteiger partial charge in [-0.1, -0.05) is 6.08 Å². The molecule has 2 aliphatic heterocycles. The maximum absolute atomic E-state index is 12.8. The van der Waals surface area contributed by atoms with E-state index in [4.69, 9.17) is 19.5 Å². The van der Waals surface area contributed by atoms with Crippen LogP contribution in [0.5, 0.6) is 0 Å². The first-order chi connectivity index (χ1) is 14.4. The van der Waals surface area contributed by atoms with Gasteiger partial charge in [0.1, 0.15) is 6.10 Å². The number of carbonyl (C=O) groups excluding carboxylic acids is 3. The predicted molar refractivity (Wildman–Crippen MR) is 109 cm³/mol. The van der Waals surface area contributed by atoms with E-state index in [1.165, 1.54) is 6.08 Å². The molecule has 3 amide bonds. The molecule has 0 aromatic rings. The minimum atomic E-state index is -1.61. The molecule has 10 nitrogen and oxygen atoms in total. The SMILES string of the molecule is C=CC(CB(O)O)NC(=O)[C@H](CNC(=O)C1CCCCO1)CC(=O)N1CCOCC1. The number of morpholine rings is 1. The van der Waals surface area contributed by atoms with E-state index in [1.807, 2.05) is 0 Å². The zero-order chi connectivity index (χ0) is 21.9. The summed E-state index contributed by atoms with van der Waals surface area (Å²) in [6.45, 7) is 5.91. The van der Waals surface area contributed by atoms with Gasteiger partial charge in [0.25, 0.3) is 0 Å². The Morgan fingerprint density at radius 3 is 2.53 bits per heavy atom. The van der Waals surface area contributed by atoms with Gasteiger partial charge in [0.2, 0.25) is 17.7 Å². The molecule has 168 valence electrons. The van der Waals surface area contributed by atoms with Crippen LogP contribution < -0.4 is 10.6 Å². The van der Waals surface area contributed by atoms with Crippen LogP contribution in [-0.2, 0) is 23.9 Å². The number of nitrogens with one attached hydrogen (secondary N) is 2. The Morgan fingerprint density at radius 2 is 1.93 bits per heavy atom. The van der Waals surface area contributed by atoms with Crippen molar-refractivity contribution in [3.63, 3.8) is 0 Å². The highest BCUT2D eigenvalue weighted by atomic mass is 16.5. The summed E-state index contributed by atoms with van der Waals surface area (Å²) in [7, 11) is -1.61. The normalized spacial score (nSPS) is 21.3. The fraction of sp³-hybridized carbons (Fsp3) is 0.737. The van der Waals surface area contributed by atoms with Gasteiger partial charge in [-0.2, -0.15) is 0 Å². The highest BCUT2D eigenvalue weighted by molar-refractivity contribution is 6.41. The third-order valence-electron chi connectivity index (χ3n) is 5.23. The van der Waals surface area contributed by atoms with Crippen molar-refractivity contribution in [3.8, 4) is 0 Å². The quantitative estimate of drug-likeness (QED) is 0.252. The van der Waals surface area contributed by atoms with E-state index in [-0.39, 0.29) is 31.1 Å². The van der Waals surface area contributed by atoms with E-state index in [0.29, 0.717) is 39.3 Å². The monoisotopic (exact) mass is 425 g/mol. The Morgan fingerprint density at radius 1 is 1.20 bits per heavy atom. The Bertz CT molecular complexity index is 593. The average Bonchev–Trinajstić information content (AvgIpc) is 2.76. The number of rotatable bonds is 10. The van der Waals surface area contributed by atoms with Gasteiger partial charge in [-0.05, 0) is 19.3 Å². The summed E-state index contributed by atoms with van der Waals surface area (Å²) in [6, 6.07) is -0.670. The minimum Gasteiger partial charge on any atom is -0.427 e. The number of carbonyl (C=O) groups is 3. The molecule has 0 aromatic carbocycles. The zero-order valence-corrected chi connectivity index (χ0v) is 17.3. The van der Waals surface area contributed by atoms with E-state index >= 15 is 0 Å². The second kappa shape index (κ2) is 12.7. The first-order valence-electron chi connectivity index (χ1n) is 10.4. The molecule has 0 aliphatic carbocycles. The number of hydrogen-bond acceptors (Lipinski definition) is 7. The average molecular weight is 425 g/mol. The van der Waals surface area contributed by atoms with Crippen molar-refractivity contribution < 1.29 is 33.9 Å². The van der Waals surface area contributed by atoms with Crippen LogP contribution in [0.25, 0.3) is 0 Å². The first-order valence-corrected chi connectivity index (χ1v) is 10.4. The Kier molecular flexibility index (Phi) is 10.3. The lowest BCUT2D eigenvalue weighted by Gasteiger charge is -2.29. The van der Waals surface area contributed by atoms with Crippen LogP contribution in [0, 0.1) is 5.92 Å². The van der Waals surface area contributed by atoms with Crippen LogP contribution in [0.3, 0.4) is 0 Å². The van der Waals surface area contributed by atoms with Gasteiger partial charge in [-0.3, -0.25) is 14.4 Å².